The minimum atomic E-state index is -0.707. The molecule has 2 aromatic carbocycles. The maximum Gasteiger partial charge on any atom is 0.343 e. The smallest absolute Gasteiger partial charge is 0.343 e. The van der Waals surface area contributed by atoms with Gasteiger partial charge in [0.2, 0.25) is 5.75 Å². The Morgan fingerprint density at radius 1 is 1.00 bits per heavy atom. The molecule has 0 atom stereocenters. The predicted octanol–water partition coefficient (Wildman–Crippen LogP) is 3.93. The van der Waals surface area contributed by atoms with E-state index >= 15 is 0 Å². The molecule has 13 heteroatoms. The van der Waals surface area contributed by atoms with Crippen LogP contribution >= 0.6 is 31.9 Å². The number of nitrogens with one attached hydrogen (secondary N) is 2. The van der Waals surface area contributed by atoms with Crippen molar-refractivity contribution < 1.29 is 37.7 Å². The van der Waals surface area contributed by atoms with Crippen LogP contribution in [0.25, 0.3) is 0 Å². The number of methoxy groups -OCH3 is 3. The monoisotopic (exact) mass is 637 g/mol. The third-order valence-electron chi connectivity index (χ3n) is 4.68. The Kier molecular flexibility index (Phi) is 9.69. The van der Waals surface area contributed by atoms with E-state index in [4.69, 9.17) is 23.4 Å². The van der Waals surface area contributed by atoms with Gasteiger partial charge in [0.1, 0.15) is 0 Å². The quantitative estimate of drug-likeness (QED) is 0.147. The molecule has 0 spiro atoms. The molecule has 0 aliphatic carbocycles. The van der Waals surface area contributed by atoms with E-state index in [2.05, 4.69) is 47.7 Å². The molecule has 0 fully saturated rings. The van der Waals surface area contributed by atoms with Crippen LogP contribution in [0, 0.1) is 0 Å². The number of carbonyl (C=O) groups is 3. The minimum absolute atomic E-state index is 0.0776. The Morgan fingerprint density at radius 3 is 2.30 bits per heavy atom. The molecule has 194 valence electrons. The molecule has 2 amide bonds. The first-order valence-electron chi connectivity index (χ1n) is 10.4. The summed E-state index contributed by atoms with van der Waals surface area (Å²) in [6.45, 7) is -0.331. The lowest BCUT2D eigenvalue weighted by molar-refractivity contribution is -0.120. The molecule has 0 aliphatic rings. The van der Waals surface area contributed by atoms with Gasteiger partial charge in [-0.25, -0.2) is 10.2 Å². The highest BCUT2D eigenvalue weighted by Gasteiger charge is 2.20. The van der Waals surface area contributed by atoms with Crippen molar-refractivity contribution in [2.45, 2.75) is 0 Å². The minimum Gasteiger partial charge on any atom is -0.493 e. The first-order chi connectivity index (χ1) is 17.8. The number of esters is 1. The number of ether oxygens (including phenoxy) is 4. The van der Waals surface area contributed by atoms with E-state index in [0.29, 0.717) is 20.3 Å². The number of benzene rings is 2. The Morgan fingerprint density at radius 2 is 1.70 bits per heavy atom. The molecule has 0 saturated carbocycles. The van der Waals surface area contributed by atoms with Gasteiger partial charge in [0.25, 0.3) is 11.8 Å². The molecule has 0 bridgehead atoms. The zero-order valence-electron chi connectivity index (χ0n) is 19.8. The Hall–Kier alpha value is -3.84. The van der Waals surface area contributed by atoms with Crippen molar-refractivity contribution in [1.82, 2.24) is 10.7 Å². The van der Waals surface area contributed by atoms with Gasteiger partial charge < -0.3 is 28.7 Å². The third-order valence-corrected chi connectivity index (χ3v) is 5.73. The molecule has 1 aromatic heterocycles. The number of amides is 2. The fraction of sp³-hybridized carbons (Fsp3) is 0.167. The van der Waals surface area contributed by atoms with Gasteiger partial charge in [0.05, 0.1) is 50.4 Å². The second-order valence-corrected chi connectivity index (χ2v) is 8.83. The number of nitrogens with zero attached hydrogens (tertiary/aromatic N) is 1. The fourth-order valence-electron chi connectivity index (χ4n) is 3.00. The number of rotatable bonds is 10. The summed E-state index contributed by atoms with van der Waals surface area (Å²) in [6, 6.07) is 9.26. The summed E-state index contributed by atoms with van der Waals surface area (Å²) in [5.41, 5.74) is 2.80. The maximum atomic E-state index is 13.0. The van der Waals surface area contributed by atoms with Gasteiger partial charge in [-0.2, -0.15) is 5.10 Å². The molecule has 0 radical (unpaired) electrons. The molecule has 2 N–H and O–H groups in total. The Labute approximate surface area is 228 Å². The lowest BCUT2D eigenvalue weighted by Gasteiger charge is -2.15. The van der Waals surface area contributed by atoms with Crippen molar-refractivity contribution >= 4 is 55.9 Å². The number of hydrogen-bond donors (Lipinski definition) is 2. The number of carbonyl (C=O) groups excluding carboxylic acids is 3. The van der Waals surface area contributed by atoms with Crippen LogP contribution in [0.1, 0.15) is 26.5 Å². The van der Waals surface area contributed by atoms with Gasteiger partial charge in [-0.3, -0.25) is 9.59 Å². The molecule has 3 aromatic rings. The van der Waals surface area contributed by atoms with Crippen LogP contribution in [0.15, 0.2) is 61.1 Å². The lowest BCUT2D eigenvalue weighted by atomic mass is 10.1. The van der Waals surface area contributed by atoms with Crippen LogP contribution in [0.5, 0.6) is 23.0 Å². The first-order valence-corrected chi connectivity index (χ1v) is 12.0. The lowest BCUT2D eigenvalue weighted by Crippen LogP contribution is -2.34. The Bertz CT molecular complexity index is 1300. The second-order valence-electron chi connectivity index (χ2n) is 7.06. The van der Waals surface area contributed by atoms with E-state index in [-0.39, 0.29) is 35.1 Å². The SMILES string of the molecule is COc1cc(C(=O)Oc2c(Br)cc(Br)cc2C=NNC(=O)CNC(=O)c2ccco2)cc(OC)c1OC. The average molecular weight is 639 g/mol. The number of hydrogen-bond acceptors (Lipinski definition) is 9. The number of hydrazone groups is 1. The van der Waals surface area contributed by atoms with Crippen LogP contribution in [-0.4, -0.2) is 51.9 Å². The molecule has 0 unspecified atom stereocenters. The van der Waals surface area contributed by atoms with Crippen LogP contribution in [0.3, 0.4) is 0 Å². The second kappa shape index (κ2) is 12.9. The van der Waals surface area contributed by atoms with Crippen molar-refractivity contribution in [2.24, 2.45) is 5.10 Å². The van der Waals surface area contributed by atoms with Crippen molar-refractivity contribution in [2.75, 3.05) is 27.9 Å². The highest BCUT2D eigenvalue weighted by Crippen LogP contribution is 2.39. The number of furan rings is 1. The topological polar surface area (TPSA) is 138 Å². The highest BCUT2D eigenvalue weighted by atomic mass is 79.9. The molecule has 0 aliphatic heterocycles. The van der Waals surface area contributed by atoms with Crippen LogP contribution in [0.2, 0.25) is 0 Å². The van der Waals surface area contributed by atoms with E-state index < -0.39 is 17.8 Å². The van der Waals surface area contributed by atoms with E-state index in [1.54, 1.807) is 18.2 Å². The van der Waals surface area contributed by atoms with Gasteiger partial charge in [0, 0.05) is 10.0 Å². The zero-order chi connectivity index (χ0) is 26.9. The van der Waals surface area contributed by atoms with E-state index in [1.807, 2.05) is 0 Å². The first kappa shape index (κ1) is 27.7. The molecular formula is C24H21Br2N3O8. The van der Waals surface area contributed by atoms with E-state index in [9.17, 15) is 14.4 Å². The summed E-state index contributed by atoms with van der Waals surface area (Å²) >= 11 is 6.75. The molecule has 1 heterocycles. The average Bonchev–Trinajstić information content (AvgIpc) is 3.43. The third kappa shape index (κ3) is 7.11. The van der Waals surface area contributed by atoms with E-state index in [1.165, 1.54) is 52.0 Å². The summed E-state index contributed by atoms with van der Waals surface area (Å²) in [7, 11) is 4.32. The zero-order valence-corrected chi connectivity index (χ0v) is 23.0. The van der Waals surface area contributed by atoms with Crippen LogP contribution < -0.4 is 29.7 Å². The van der Waals surface area contributed by atoms with Gasteiger partial charge in [0.15, 0.2) is 23.0 Å². The summed E-state index contributed by atoms with van der Waals surface area (Å²) < 4.78 is 27.6. The van der Waals surface area contributed by atoms with E-state index in [0.717, 1.165) is 0 Å². The predicted molar refractivity (Wildman–Crippen MR) is 140 cm³/mol. The summed E-state index contributed by atoms with van der Waals surface area (Å²) in [6.07, 6.45) is 2.64. The van der Waals surface area contributed by atoms with Crippen molar-refractivity contribution in [3.63, 3.8) is 0 Å². The van der Waals surface area contributed by atoms with Crippen LogP contribution in [-0.2, 0) is 4.79 Å². The van der Waals surface area contributed by atoms with Gasteiger partial charge >= 0.3 is 5.97 Å². The molecule has 37 heavy (non-hydrogen) atoms. The molecule has 3 rings (SSSR count). The Balaban J connectivity index is 1.74. The highest BCUT2D eigenvalue weighted by molar-refractivity contribution is 9.11. The molecular weight excluding hydrogens is 618 g/mol. The summed E-state index contributed by atoms with van der Waals surface area (Å²) in [5, 5.41) is 6.30. The molecule has 11 nitrogen and oxygen atoms in total. The van der Waals surface area contributed by atoms with Crippen LogP contribution in [0.4, 0.5) is 0 Å². The van der Waals surface area contributed by atoms with Crippen molar-refractivity contribution in [3.8, 4) is 23.0 Å². The van der Waals surface area contributed by atoms with Gasteiger partial charge in [-0.1, -0.05) is 15.9 Å². The summed E-state index contributed by atoms with van der Waals surface area (Å²) in [5.74, 6) is -0.710. The normalized spacial score (nSPS) is 10.6. The van der Waals surface area contributed by atoms with Crippen molar-refractivity contribution in [3.05, 3.63) is 68.5 Å². The maximum absolute atomic E-state index is 13.0. The largest absolute Gasteiger partial charge is 0.493 e. The van der Waals surface area contributed by atoms with Gasteiger partial charge in [-0.15, -0.1) is 0 Å². The fourth-order valence-corrected chi connectivity index (χ4v) is 4.34. The standard InChI is InChI=1S/C24H21Br2N3O8/c1-33-18-8-13(9-19(34-2)22(18)35-3)24(32)37-21-14(7-15(25)10-16(21)26)11-28-29-20(30)12-27-23(31)17-5-4-6-36-17/h4-11H,12H2,1-3H3,(H,27,31)(H,29,30). The van der Waals surface area contributed by atoms with Crippen molar-refractivity contribution in [1.29, 1.82) is 0 Å². The summed E-state index contributed by atoms with van der Waals surface area (Å²) in [4.78, 5) is 36.9. The molecule has 0 saturated heterocycles. The van der Waals surface area contributed by atoms with Gasteiger partial charge in [-0.05, 0) is 52.3 Å². The number of halogens is 2.